The lowest BCUT2D eigenvalue weighted by Gasteiger charge is -2.16. The average molecular weight is 319 g/mol. The summed E-state index contributed by atoms with van der Waals surface area (Å²) in [7, 11) is 1.62. The molecule has 0 unspecified atom stereocenters. The number of nitrogens with one attached hydrogen (secondary N) is 1. The van der Waals surface area contributed by atoms with Crippen LogP contribution in [0.1, 0.15) is 23.8 Å². The molecule has 0 aliphatic rings. The van der Waals surface area contributed by atoms with Gasteiger partial charge in [-0.25, -0.2) is 0 Å². The van der Waals surface area contributed by atoms with Gasteiger partial charge in [-0.2, -0.15) is 0 Å². The van der Waals surface area contributed by atoms with Crippen molar-refractivity contribution in [3.8, 4) is 0 Å². The monoisotopic (exact) mass is 318 g/mol. The van der Waals surface area contributed by atoms with Gasteiger partial charge in [0.05, 0.1) is 6.10 Å². The Morgan fingerprint density at radius 3 is 2.86 bits per heavy atom. The smallest absolute Gasteiger partial charge is 0.220 e. The van der Waals surface area contributed by atoms with Crippen LogP contribution in [0, 0.1) is 0 Å². The molecule has 0 saturated heterocycles. The summed E-state index contributed by atoms with van der Waals surface area (Å²) in [6.07, 6.45) is 2.55. The molecule has 1 amide bonds. The summed E-state index contributed by atoms with van der Waals surface area (Å²) < 4.78 is 5.42. The van der Waals surface area contributed by atoms with E-state index in [1.807, 2.05) is 42.5 Å². The van der Waals surface area contributed by atoms with Crippen LogP contribution in [0.15, 0.2) is 48.7 Å². The van der Waals surface area contributed by atoms with E-state index in [1.165, 1.54) is 0 Å². The fourth-order valence-corrected chi connectivity index (χ4v) is 2.33. The second-order valence-corrected chi connectivity index (χ2v) is 5.34. The molecule has 1 atom stereocenters. The molecule has 1 aromatic carbocycles. The van der Waals surface area contributed by atoms with Crippen LogP contribution in [0.2, 0.25) is 5.02 Å². The standard InChI is InChI=1S/C17H19ClN2O2/c1-22-16(13-5-4-6-14(18)11-13)12-20-17(21)9-8-15-7-2-3-10-19-15/h2-7,10-11,16H,8-9,12H2,1H3,(H,20,21)/t16-/m1/s1. The van der Waals surface area contributed by atoms with Crippen LogP contribution in [-0.2, 0) is 16.0 Å². The van der Waals surface area contributed by atoms with E-state index in [-0.39, 0.29) is 12.0 Å². The number of aromatic nitrogens is 1. The Morgan fingerprint density at radius 1 is 1.32 bits per heavy atom. The van der Waals surface area contributed by atoms with Gasteiger partial charge < -0.3 is 10.1 Å². The van der Waals surface area contributed by atoms with E-state index in [0.29, 0.717) is 24.4 Å². The van der Waals surface area contributed by atoms with Crippen LogP contribution in [0.4, 0.5) is 0 Å². The van der Waals surface area contributed by atoms with Crippen molar-refractivity contribution in [1.29, 1.82) is 0 Å². The fourth-order valence-electron chi connectivity index (χ4n) is 2.13. The highest BCUT2D eigenvalue weighted by molar-refractivity contribution is 6.30. The summed E-state index contributed by atoms with van der Waals surface area (Å²) in [5.74, 6) is -0.0188. The maximum atomic E-state index is 11.9. The van der Waals surface area contributed by atoms with Crippen molar-refractivity contribution in [2.45, 2.75) is 18.9 Å². The van der Waals surface area contributed by atoms with Crippen molar-refractivity contribution in [1.82, 2.24) is 10.3 Å². The number of aryl methyl sites for hydroxylation is 1. The Labute approximate surface area is 135 Å². The minimum Gasteiger partial charge on any atom is -0.375 e. The first-order valence-electron chi connectivity index (χ1n) is 7.14. The summed E-state index contributed by atoms with van der Waals surface area (Å²) in [5, 5.41) is 3.54. The first-order chi connectivity index (χ1) is 10.7. The van der Waals surface area contributed by atoms with Gasteiger partial charge in [-0.15, -0.1) is 0 Å². The number of benzene rings is 1. The second kappa shape index (κ2) is 8.51. The zero-order chi connectivity index (χ0) is 15.8. The van der Waals surface area contributed by atoms with Crippen LogP contribution in [0.5, 0.6) is 0 Å². The zero-order valence-electron chi connectivity index (χ0n) is 12.5. The number of ether oxygens (including phenoxy) is 1. The highest BCUT2D eigenvalue weighted by Crippen LogP contribution is 2.19. The van der Waals surface area contributed by atoms with Crippen molar-refractivity contribution in [2.24, 2.45) is 0 Å². The SMILES string of the molecule is CO[C@H](CNC(=O)CCc1ccccn1)c1cccc(Cl)c1. The fraction of sp³-hybridized carbons (Fsp3) is 0.294. The van der Waals surface area contributed by atoms with Gasteiger partial charge in [0.2, 0.25) is 5.91 Å². The molecule has 1 N–H and O–H groups in total. The number of hydrogen-bond donors (Lipinski definition) is 1. The van der Waals surface area contributed by atoms with E-state index in [0.717, 1.165) is 11.3 Å². The Kier molecular flexibility index (Phi) is 6.37. The van der Waals surface area contributed by atoms with E-state index >= 15 is 0 Å². The molecule has 0 saturated carbocycles. The summed E-state index contributed by atoms with van der Waals surface area (Å²) in [6.45, 7) is 0.415. The number of amides is 1. The number of pyridine rings is 1. The third-order valence-electron chi connectivity index (χ3n) is 3.32. The highest BCUT2D eigenvalue weighted by Gasteiger charge is 2.12. The normalized spacial score (nSPS) is 11.9. The molecule has 0 aliphatic carbocycles. The maximum absolute atomic E-state index is 11.9. The summed E-state index contributed by atoms with van der Waals surface area (Å²) in [5.41, 5.74) is 1.86. The van der Waals surface area contributed by atoms with Crippen LogP contribution in [0.25, 0.3) is 0 Å². The Hall–Kier alpha value is -1.91. The Bertz CT molecular complexity index is 605. The van der Waals surface area contributed by atoms with Crippen LogP contribution >= 0.6 is 11.6 Å². The van der Waals surface area contributed by atoms with E-state index in [4.69, 9.17) is 16.3 Å². The zero-order valence-corrected chi connectivity index (χ0v) is 13.2. The first-order valence-corrected chi connectivity index (χ1v) is 7.51. The molecule has 2 rings (SSSR count). The number of halogens is 1. The number of hydrogen-bond acceptors (Lipinski definition) is 3. The van der Waals surface area contributed by atoms with Crippen LogP contribution in [-0.4, -0.2) is 24.5 Å². The predicted molar refractivity (Wildman–Crippen MR) is 86.8 cm³/mol. The van der Waals surface area contributed by atoms with Gasteiger partial charge >= 0.3 is 0 Å². The van der Waals surface area contributed by atoms with Crippen molar-refractivity contribution in [2.75, 3.05) is 13.7 Å². The summed E-state index contributed by atoms with van der Waals surface area (Å²) >= 11 is 5.98. The molecule has 0 radical (unpaired) electrons. The molecule has 116 valence electrons. The lowest BCUT2D eigenvalue weighted by atomic mass is 10.1. The second-order valence-electron chi connectivity index (χ2n) is 4.90. The number of carbonyl (C=O) groups is 1. The van der Waals surface area contributed by atoms with Gasteiger partial charge in [0.1, 0.15) is 0 Å². The molecule has 2 aromatic rings. The van der Waals surface area contributed by atoms with Crippen molar-refractivity contribution >= 4 is 17.5 Å². The highest BCUT2D eigenvalue weighted by atomic mass is 35.5. The summed E-state index contributed by atoms with van der Waals surface area (Å²) in [4.78, 5) is 16.1. The van der Waals surface area contributed by atoms with Gasteiger partial charge in [-0.05, 0) is 36.2 Å². The molecule has 0 spiro atoms. The maximum Gasteiger partial charge on any atom is 0.220 e. The van der Waals surface area contributed by atoms with Gasteiger partial charge in [0, 0.05) is 37.0 Å². The number of rotatable bonds is 7. The molecule has 0 fully saturated rings. The Balaban J connectivity index is 1.81. The molecule has 0 bridgehead atoms. The largest absolute Gasteiger partial charge is 0.375 e. The van der Waals surface area contributed by atoms with E-state index in [1.54, 1.807) is 13.3 Å². The summed E-state index contributed by atoms with van der Waals surface area (Å²) in [6, 6.07) is 13.1. The molecule has 0 aliphatic heterocycles. The molecule has 1 aromatic heterocycles. The van der Waals surface area contributed by atoms with Crippen molar-refractivity contribution < 1.29 is 9.53 Å². The van der Waals surface area contributed by atoms with Crippen LogP contribution < -0.4 is 5.32 Å². The van der Waals surface area contributed by atoms with E-state index < -0.39 is 0 Å². The number of nitrogens with zero attached hydrogens (tertiary/aromatic N) is 1. The number of carbonyl (C=O) groups excluding carboxylic acids is 1. The number of methoxy groups -OCH3 is 1. The third-order valence-corrected chi connectivity index (χ3v) is 3.56. The van der Waals surface area contributed by atoms with Gasteiger partial charge in [0.15, 0.2) is 0 Å². The average Bonchev–Trinajstić information content (AvgIpc) is 2.54. The molecular formula is C17H19ClN2O2. The van der Waals surface area contributed by atoms with Gasteiger partial charge in [-0.1, -0.05) is 29.8 Å². The molecule has 22 heavy (non-hydrogen) atoms. The van der Waals surface area contributed by atoms with Crippen LogP contribution in [0.3, 0.4) is 0 Å². The quantitative estimate of drug-likeness (QED) is 0.853. The minimum atomic E-state index is -0.211. The third kappa shape index (κ3) is 5.13. The van der Waals surface area contributed by atoms with Crippen molar-refractivity contribution in [3.05, 3.63) is 64.9 Å². The molecule has 5 heteroatoms. The minimum absolute atomic E-state index is 0.0188. The topological polar surface area (TPSA) is 51.2 Å². The predicted octanol–water partition coefficient (Wildman–Crippen LogP) is 3.17. The van der Waals surface area contributed by atoms with E-state index in [9.17, 15) is 4.79 Å². The molecule has 1 heterocycles. The van der Waals surface area contributed by atoms with E-state index in [2.05, 4.69) is 10.3 Å². The lowest BCUT2D eigenvalue weighted by molar-refractivity contribution is -0.121. The molecule has 4 nitrogen and oxygen atoms in total. The molecular weight excluding hydrogens is 300 g/mol. The lowest BCUT2D eigenvalue weighted by Crippen LogP contribution is -2.29. The van der Waals surface area contributed by atoms with Gasteiger partial charge in [0.25, 0.3) is 0 Å². The Morgan fingerprint density at radius 2 is 2.18 bits per heavy atom. The van der Waals surface area contributed by atoms with Crippen molar-refractivity contribution in [3.63, 3.8) is 0 Å². The van der Waals surface area contributed by atoms with Gasteiger partial charge in [-0.3, -0.25) is 9.78 Å². The first kappa shape index (κ1) is 16.5.